The minimum Gasteiger partial charge on any atom is -0.507 e. The lowest BCUT2D eigenvalue weighted by Crippen LogP contribution is -2.23. The molecule has 0 radical (unpaired) electrons. The standard InChI is InChI=1S/C26H27FN4O3/c1-4-5-6-17-7-8-20(27)22(25(17)33)23(16(2)3)30-31-26(34)19-11-14-29-21(15-19)24(32)18-9-12-28-13-10-18/h7-16,33H,4-6H2,1-3H3,(H,31,34)/b30-23+. The minimum atomic E-state index is -0.617. The fraction of sp³-hybridized carbons (Fsp3) is 0.269. The molecule has 0 bridgehead atoms. The van der Waals surface area contributed by atoms with Crippen LogP contribution in [0, 0.1) is 11.7 Å². The predicted molar refractivity (Wildman–Crippen MR) is 127 cm³/mol. The number of carbonyl (C=O) groups excluding carboxylic acids is 2. The van der Waals surface area contributed by atoms with Gasteiger partial charge < -0.3 is 5.11 Å². The van der Waals surface area contributed by atoms with E-state index in [2.05, 4.69) is 20.5 Å². The van der Waals surface area contributed by atoms with E-state index in [0.717, 1.165) is 12.8 Å². The van der Waals surface area contributed by atoms with Crippen LogP contribution < -0.4 is 5.43 Å². The van der Waals surface area contributed by atoms with Crippen LogP contribution in [0.5, 0.6) is 5.75 Å². The summed E-state index contributed by atoms with van der Waals surface area (Å²) in [5.74, 6) is -2.01. The number of amides is 1. The third-order valence-electron chi connectivity index (χ3n) is 5.29. The molecule has 2 aromatic heterocycles. The number of aromatic hydroxyl groups is 1. The molecule has 7 nitrogen and oxygen atoms in total. The van der Waals surface area contributed by atoms with Gasteiger partial charge in [0.05, 0.1) is 11.3 Å². The number of unbranched alkanes of at least 4 members (excludes halogenated alkanes) is 1. The van der Waals surface area contributed by atoms with Crippen LogP contribution in [-0.2, 0) is 6.42 Å². The van der Waals surface area contributed by atoms with Crippen LogP contribution in [0.15, 0.2) is 60.1 Å². The lowest BCUT2D eigenvalue weighted by atomic mass is 9.95. The van der Waals surface area contributed by atoms with Crippen molar-refractivity contribution in [1.29, 1.82) is 0 Å². The highest BCUT2D eigenvalue weighted by molar-refractivity contribution is 6.09. The van der Waals surface area contributed by atoms with Crippen molar-refractivity contribution >= 4 is 17.4 Å². The lowest BCUT2D eigenvalue weighted by Gasteiger charge is -2.16. The highest BCUT2D eigenvalue weighted by Gasteiger charge is 2.21. The number of phenolic OH excluding ortho intramolecular Hbond substituents is 1. The second kappa shape index (κ2) is 11.3. The molecule has 34 heavy (non-hydrogen) atoms. The molecule has 3 rings (SSSR count). The Labute approximate surface area is 197 Å². The van der Waals surface area contributed by atoms with Crippen LogP contribution in [0.1, 0.15) is 71.1 Å². The molecule has 0 unspecified atom stereocenters. The first-order valence-corrected chi connectivity index (χ1v) is 11.1. The fourth-order valence-electron chi connectivity index (χ4n) is 3.42. The number of phenols is 1. The molecule has 0 saturated heterocycles. The average Bonchev–Trinajstić information content (AvgIpc) is 2.85. The van der Waals surface area contributed by atoms with Crippen LogP contribution in [0.2, 0.25) is 0 Å². The van der Waals surface area contributed by atoms with Gasteiger partial charge >= 0.3 is 0 Å². The Morgan fingerprint density at radius 3 is 2.47 bits per heavy atom. The molecule has 3 aromatic rings. The van der Waals surface area contributed by atoms with Gasteiger partial charge in [0, 0.05) is 29.7 Å². The van der Waals surface area contributed by atoms with Crippen molar-refractivity contribution in [2.45, 2.75) is 40.0 Å². The van der Waals surface area contributed by atoms with Gasteiger partial charge in [-0.1, -0.05) is 33.3 Å². The van der Waals surface area contributed by atoms with Crippen LogP contribution in [-0.4, -0.2) is 32.5 Å². The summed E-state index contributed by atoms with van der Waals surface area (Å²) in [4.78, 5) is 33.3. The Balaban J connectivity index is 1.87. The number of ketones is 1. The molecule has 8 heteroatoms. The second-order valence-electron chi connectivity index (χ2n) is 8.12. The zero-order valence-electron chi connectivity index (χ0n) is 19.4. The van der Waals surface area contributed by atoms with E-state index < -0.39 is 11.7 Å². The number of rotatable bonds is 9. The summed E-state index contributed by atoms with van der Waals surface area (Å²) in [6.45, 7) is 5.62. The topological polar surface area (TPSA) is 105 Å². The van der Waals surface area contributed by atoms with E-state index in [4.69, 9.17) is 0 Å². The van der Waals surface area contributed by atoms with Crippen molar-refractivity contribution in [2.24, 2.45) is 11.0 Å². The van der Waals surface area contributed by atoms with Crippen LogP contribution in [0.4, 0.5) is 4.39 Å². The van der Waals surface area contributed by atoms with Gasteiger partial charge in [-0.2, -0.15) is 5.10 Å². The van der Waals surface area contributed by atoms with Crippen LogP contribution in [0.3, 0.4) is 0 Å². The molecule has 1 amide bonds. The summed E-state index contributed by atoms with van der Waals surface area (Å²) in [7, 11) is 0. The molecule has 0 saturated carbocycles. The minimum absolute atomic E-state index is 0.0211. The summed E-state index contributed by atoms with van der Waals surface area (Å²) < 4.78 is 14.7. The molecule has 0 spiro atoms. The number of hydrazone groups is 1. The van der Waals surface area contributed by atoms with Gasteiger partial charge in [-0.25, -0.2) is 9.82 Å². The largest absolute Gasteiger partial charge is 0.507 e. The van der Waals surface area contributed by atoms with Crippen molar-refractivity contribution in [1.82, 2.24) is 15.4 Å². The van der Waals surface area contributed by atoms with E-state index in [1.165, 1.54) is 36.8 Å². The van der Waals surface area contributed by atoms with Crippen molar-refractivity contribution in [3.63, 3.8) is 0 Å². The summed E-state index contributed by atoms with van der Waals surface area (Å²) in [6.07, 6.45) is 6.75. The van der Waals surface area contributed by atoms with Gasteiger partial charge in [-0.05, 0) is 54.7 Å². The number of nitrogens with one attached hydrogen (secondary N) is 1. The molecule has 1 aromatic carbocycles. The Morgan fingerprint density at radius 2 is 1.79 bits per heavy atom. The third-order valence-corrected chi connectivity index (χ3v) is 5.29. The smallest absolute Gasteiger partial charge is 0.271 e. The number of hydrogen-bond acceptors (Lipinski definition) is 6. The van der Waals surface area contributed by atoms with Crippen LogP contribution in [0.25, 0.3) is 0 Å². The first-order valence-electron chi connectivity index (χ1n) is 11.1. The van der Waals surface area contributed by atoms with Gasteiger partial charge in [-0.3, -0.25) is 19.6 Å². The molecule has 2 heterocycles. The molecular formula is C26H27FN4O3. The predicted octanol–water partition coefficient (Wildman–Crippen LogP) is 4.69. The maximum absolute atomic E-state index is 14.7. The van der Waals surface area contributed by atoms with Gasteiger partial charge in [0.1, 0.15) is 17.3 Å². The third kappa shape index (κ3) is 5.70. The zero-order valence-corrected chi connectivity index (χ0v) is 19.4. The van der Waals surface area contributed by atoms with Crippen LogP contribution >= 0.6 is 0 Å². The molecule has 0 aliphatic rings. The number of hydrogen-bond donors (Lipinski definition) is 2. The molecular weight excluding hydrogens is 435 g/mol. The summed E-state index contributed by atoms with van der Waals surface area (Å²) >= 11 is 0. The SMILES string of the molecule is CCCCc1ccc(F)c(/C(=N/NC(=O)c2ccnc(C(=O)c3ccncc3)c2)C(C)C)c1O. The average molecular weight is 463 g/mol. The van der Waals surface area contributed by atoms with Gasteiger partial charge in [0.15, 0.2) is 0 Å². The highest BCUT2D eigenvalue weighted by Crippen LogP contribution is 2.29. The molecule has 0 fully saturated rings. The maximum Gasteiger partial charge on any atom is 0.271 e. The summed E-state index contributed by atoms with van der Waals surface area (Å²) in [5.41, 5.74) is 3.91. The maximum atomic E-state index is 14.7. The number of aromatic nitrogens is 2. The van der Waals surface area contributed by atoms with E-state index in [1.807, 2.05) is 6.92 Å². The summed E-state index contributed by atoms with van der Waals surface area (Å²) in [6, 6.07) is 8.81. The van der Waals surface area contributed by atoms with Gasteiger partial charge in [0.2, 0.25) is 5.78 Å². The Morgan fingerprint density at radius 1 is 1.09 bits per heavy atom. The molecule has 176 valence electrons. The quantitative estimate of drug-likeness (QED) is 0.273. The Kier molecular flexibility index (Phi) is 8.19. The van der Waals surface area contributed by atoms with Crippen molar-refractivity contribution < 1.29 is 19.1 Å². The monoisotopic (exact) mass is 462 g/mol. The van der Waals surface area contributed by atoms with Crippen molar-refractivity contribution in [2.75, 3.05) is 0 Å². The van der Waals surface area contributed by atoms with E-state index in [1.54, 1.807) is 32.0 Å². The number of nitrogens with zero attached hydrogens (tertiary/aromatic N) is 3. The molecule has 0 aliphatic heterocycles. The fourth-order valence-corrected chi connectivity index (χ4v) is 3.42. The number of pyridine rings is 2. The lowest BCUT2D eigenvalue weighted by molar-refractivity contribution is 0.0954. The molecule has 0 aliphatic carbocycles. The van der Waals surface area contributed by atoms with E-state index in [9.17, 15) is 19.1 Å². The number of aryl methyl sites for hydroxylation is 1. The number of benzene rings is 1. The Hall–Kier alpha value is -3.94. The Bertz CT molecular complexity index is 1210. The molecule has 0 atom stereocenters. The number of carbonyl (C=O) groups is 2. The second-order valence-corrected chi connectivity index (χ2v) is 8.12. The first-order chi connectivity index (χ1) is 16.3. The van der Waals surface area contributed by atoms with Crippen molar-refractivity contribution in [3.8, 4) is 5.75 Å². The van der Waals surface area contributed by atoms with E-state index in [0.29, 0.717) is 17.5 Å². The van der Waals surface area contributed by atoms with E-state index >= 15 is 0 Å². The van der Waals surface area contributed by atoms with Gasteiger partial charge in [-0.15, -0.1) is 0 Å². The molecule has 2 N–H and O–H groups in total. The normalized spacial score (nSPS) is 11.5. The summed E-state index contributed by atoms with van der Waals surface area (Å²) in [5, 5.41) is 14.9. The van der Waals surface area contributed by atoms with Gasteiger partial charge in [0.25, 0.3) is 5.91 Å². The number of halogens is 1. The zero-order chi connectivity index (χ0) is 24.7. The van der Waals surface area contributed by atoms with Crippen molar-refractivity contribution in [3.05, 3.63) is 88.8 Å². The van der Waals surface area contributed by atoms with E-state index in [-0.39, 0.29) is 40.0 Å². The highest BCUT2D eigenvalue weighted by atomic mass is 19.1. The first kappa shape index (κ1) is 24.7.